The number of rotatable bonds is 5. The van der Waals surface area contributed by atoms with Crippen molar-refractivity contribution in [3.63, 3.8) is 0 Å². The Morgan fingerprint density at radius 3 is 2.50 bits per heavy atom. The molecule has 0 aromatic heterocycles. The summed E-state index contributed by atoms with van der Waals surface area (Å²) in [5.74, 6) is 0.249. The minimum absolute atomic E-state index is 0.217. The molecule has 100 valence electrons. The van der Waals surface area contributed by atoms with Crippen LogP contribution >= 0.6 is 15.9 Å². The minimum Gasteiger partial charge on any atom is -0.311 e. The lowest BCUT2D eigenvalue weighted by atomic mass is 10.00. The van der Waals surface area contributed by atoms with Crippen LogP contribution in [-0.4, -0.2) is 12.6 Å². The fraction of sp³-hybridized carbons (Fsp3) is 0.467. The van der Waals surface area contributed by atoms with Crippen LogP contribution in [0.3, 0.4) is 0 Å². The molecule has 0 bridgehead atoms. The smallest absolute Gasteiger partial charge is 0.124 e. The molecule has 0 unspecified atom stereocenters. The standard InChI is InChI=1S/C15H21BrFN/c1-10(2)13(9-18-11(3)4)7-12-5-6-14(17)8-15(12)16/h5-8,10-11,18H,9H2,1-4H3/b13-7-. The van der Waals surface area contributed by atoms with E-state index in [0.29, 0.717) is 12.0 Å². The van der Waals surface area contributed by atoms with Crippen LogP contribution in [-0.2, 0) is 0 Å². The van der Waals surface area contributed by atoms with E-state index in [1.54, 1.807) is 6.07 Å². The Kier molecular flexibility index (Phi) is 6.03. The van der Waals surface area contributed by atoms with Gasteiger partial charge in [-0.05, 0) is 23.6 Å². The lowest BCUT2D eigenvalue weighted by molar-refractivity contribution is 0.593. The van der Waals surface area contributed by atoms with Crippen molar-refractivity contribution in [2.24, 2.45) is 5.92 Å². The van der Waals surface area contributed by atoms with Gasteiger partial charge in [0.1, 0.15) is 5.82 Å². The molecule has 0 aliphatic carbocycles. The molecular formula is C15H21BrFN. The maximum Gasteiger partial charge on any atom is 0.124 e. The Morgan fingerprint density at radius 1 is 1.33 bits per heavy atom. The maximum absolute atomic E-state index is 13.0. The lowest BCUT2D eigenvalue weighted by Crippen LogP contribution is -2.26. The average Bonchev–Trinajstić information content (AvgIpc) is 2.26. The van der Waals surface area contributed by atoms with Crippen LogP contribution in [0, 0.1) is 11.7 Å². The summed E-state index contributed by atoms with van der Waals surface area (Å²) in [5, 5.41) is 3.42. The van der Waals surface area contributed by atoms with Crippen LogP contribution < -0.4 is 5.32 Å². The molecule has 1 rings (SSSR count). The summed E-state index contributed by atoms with van der Waals surface area (Å²) in [4.78, 5) is 0. The second kappa shape index (κ2) is 7.05. The highest BCUT2D eigenvalue weighted by Crippen LogP contribution is 2.22. The van der Waals surface area contributed by atoms with Crippen LogP contribution in [0.25, 0.3) is 6.08 Å². The van der Waals surface area contributed by atoms with Gasteiger partial charge < -0.3 is 5.32 Å². The average molecular weight is 314 g/mol. The van der Waals surface area contributed by atoms with Crippen LogP contribution in [0.15, 0.2) is 28.2 Å². The molecule has 1 N–H and O–H groups in total. The van der Waals surface area contributed by atoms with Gasteiger partial charge in [-0.1, -0.05) is 61.3 Å². The molecule has 0 heterocycles. The highest BCUT2D eigenvalue weighted by Gasteiger charge is 2.06. The molecule has 0 aliphatic heterocycles. The van der Waals surface area contributed by atoms with E-state index in [0.717, 1.165) is 16.6 Å². The lowest BCUT2D eigenvalue weighted by Gasteiger charge is -2.15. The van der Waals surface area contributed by atoms with Gasteiger partial charge in [-0.3, -0.25) is 0 Å². The number of hydrogen-bond acceptors (Lipinski definition) is 1. The zero-order chi connectivity index (χ0) is 13.7. The van der Waals surface area contributed by atoms with Gasteiger partial charge in [-0.25, -0.2) is 4.39 Å². The molecule has 1 nitrogen and oxygen atoms in total. The first-order valence-corrected chi connectivity index (χ1v) is 7.08. The third-order valence-corrected chi connectivity index (χ3v) is 3.45. The molecule has 1 aromatic rings. The second-order valence-electron chi connectivity index (χ2n) is 5.08. The van der Waals surface area contributed by atoms with Gasteiger partial charge in [-0.2, -0.15) is 0 Å². The molecule has 0 amide bonds. The predicted octanol–water partition coefficient (Wildman–Crippen LogP) is 4.63. The van der Waals surface area contributed by atoms with Crippen molar-refractivity contribution in [2.45, 2.75) is 33.7 Å². The Morgan fingerprint density at radius 2 is 2.00 bits per heavy atom. The molecule has 0 radical (unpaired) electrons. The molecule has 0 atom stereocenters. The summed E-state index contributed by atoms with van der Waals surface area (Å²) in [7, 11) is 0. The van der Waals surface area contributed by atoms with Crippen molar-refractivity contribution in [1.29, 1.82) is 0 Å². The Bertz CT molecular complexity index is 425. The first-order valence-electron chi connectivity index (χ1n) is 6.29. The molecule has 0 saturated carbocycles. The summed E-state index contributed by atoms with van der Waals surface area (Å²) in [6.45, 7) is 9.47. The van der Waals surface area contributed by atoms with Crippen molar-refractivity contribution in [1.82, 2.24) is 5.32 Å². The van der Waals surface area contributed by atoms with Gasteiger partial charge in [-0.15, -0.1) is 0 Å². The molecule has 0 aliphatic rings. The second-order valence-corrected chi connectivity index (χ2v) is 5.93. The molecule has 3 heteroatoms. The molecule has 1 aromatic carbocycles. The molecule has 0 fully saturated rings. The maximum atomic E-state index is 13.0. The Balaban J connectivity index is 2.93. The zero-order valence-corrected chi connectivity index (χ0v) is 13.0. The predicted molar refractivity (Wildman–Crippen MR) is 80.1 cm³/mol. The minimum atomic E-state index is -0.217. The number of nitrogens with one attached hydrogen (secondary N) is 1. The summed E-state index contributed by atoms with van der Waals surface area (Å²) in [5.41, 5.74) is 2.33. The van der Waals surface area contributed by atoms with Gasteiger partial charge in [0.05, 0.1) is 0 Å². The Labute approximate surface area is 118 Å². The van der Waals surface area contributed by atoms with Crippen LogP contribution in [0.5, 0.6) is 0 Å². The van der Waals surface area contributed by atoms with Gasteiger partial charge in [0.15, 0.2) is 0 Å². The van der Waals surface area contributed by atoms with E-state index >= 15 is 0 Å². The summed E-state index contributed by atoms with van der Waals surface area (Å²) in [6, 6.07) is 5.25. The van der Waals surface area contributed by atoms with Crippen molar-refractivity contribution < 1.29 is 4.39 Å². The van der Waals surface area contributed by atoms with E-state index in [2.05, 4.69) is 55.0 Å². The number of halogens is 2. The monoisotopic (exact) mass is 313 g/mol. The van der Waals surface area contributed by atoms with Crippen molar-refractivity contribution in [3.05, 3.63) is 39.6 Å². The summed E-state index contributed by atoms with van der Waals surface area (Å²) < 4.78 is 13.8. The first-order chi connectivity index (χ1) is 8.40. The third-order valence-electron chi connectivity index (χ3n) is 2.76. The molecule has 18 heavy (non-hydrogen) atoms. The van der Waals surface area contributed by atoms with Gasteiger partial charge >= 0.3 is 0 Å². The third kappa shape index (κ3) is 4.91. The van der Waals surface area contributed by atoms with Crippen molar-refractivity contribution in [2.75, 3.05) is 6.54 Å². The van der Waals surface area contributed by atoms with Crippen molar-refractivity contribution in [3.8, 4) is 0 Å². The number of hydrogen-bond donors (Lipinski definition) is 1. The van der Waals surface area contributed by atoms with Crippen molar-refractivity contribution >= 4 is 22.0 Å². The SMILES string of the molecule is CC(C)NC/C(=C/c1ccc(F)cc1Br)C(C)C. The Hall–Kier alpha value is -0.670. The highest BCUT2D eigenvalue weighted by molar-refractivity contribution is 9.10. The normalized spacial score (nSPS) is 12.6. The quantitative estimate of drug-likeness (QED) is 0.836. The fourth-order valence-corrected chi connectivity index (χ4v) is 2.03. The van der Waals surface area contributed by atoms with Gasteiger partial charge in [0, 0.05) is 17.1 Å². The highest BCUT2D eigenvalue weighted by atomic mass is 79.9. The van der Waals surface area contributed by atoms with Crippen LogP contribution in [0.1, 0.15) is 33.3 Å². The van der Waals surface area contributed by atoms with Gasteiger partial charge in [0.25, 0.3) is 0 Å². The molecule has 0 spiro atoms. The van der Waals surface area contributed by atoms with E-state index in [1.807, 2.05) is 0 Å². The summed E-state index contributed by atoms with van der Waals surface area (Å²) >= 11 is 3.40. The number of benzene rings is 1. The van der Waals surface area contributed by atoms with E-state index in [4.69, 9.17) is 0 Å². The largest absolute Gasteiger partial charge is 0.311 e. The first kappa shape index (κ1) is 15.4. The van der Waals surface area contributed by atoms with E-state index in [9.17, 15) is 4.39 Å². The topological polar surface area (TPSA) is 12.0 Å². The van der Waals surface area contributed by atoms with Gasteiger partial charge in [0.2, 0.25) is 0 Å². The van der Waals surface area contributed by atoms with E-state index < -0.39 is 0 Å². The van der Waals surface area contributed by atoms with E-state index in [1.165, 1.54) is 17.7 Å². The zero-order valence-electron chi connectivity index (χ0n) is 11.4. The molecule has 0 saturated heterocycles. The fourth-order valence-electron chi connectivity index (χ4n) is 1.56. The van der Waals surface area contributed by atoms with Crippen LogP contribution in [0.2, 0.25) is 0 Å². The van der Waals surface area contributed by atoms with Crippen LogP contribution in [0.4, 0.5) is 4.39 Å². The summed E-state index contributed by atoms with van der Waals surface area (Å²) in [6.07, 6.45) is 2.13. The molecular weight excluding hydrogens is 293 g/mol. The van der Waals surface area contributed by atoms with E-state index in [-0.39, 0.29) is 5.82 Å².